The predicted molar refractivity (Wildman–Crippen MR) is 69.5 cm³/mol. The first-order chi connectivity index (χ1) is 7.42. The summed E-state index contributed by atoms with van der Waals surface area (Å²) in [4.78, 5) is 0. The third-order valence-corrected chi connectivity index (χ3v) is 2.53. The average Bonchev–Trinajstić information content (AvgIpc) is 2.16. The lowest BCUT2D eigenvalue weighted by molar-refractivity contribution is 0.402. The van der Waals surface area contributed by atoms with Gasteiger partial charge in [-0.15, -0.1) is 0 Å². The van der Waals surface area contributed by atoms with Gasteiger partial charge in [-0.25, -0.2) is 0 Å². The van der Waals surface area contributed by atoms with Crippen molar-refractivity contribution in [3.63, 3.8) is 0 Å². The number of methoxy groups -OCH3 is 1. The molecule has 3 heteroatoms. The van der Waals surface area contributed by atoms with Crippen LogP contribution in [0.3, 0.4) is 0 Å². The van der Waals surface area contributed by atoms with Crippen molar-refractivity contribution in [2.45, 2.75) is 32.7 Å². The SMILES string of the molecule is COc1ccc(Cl)cc1CCNC(C)(C)C. The van der Waals surface area contributed by atoms with Gasteiger partial charge in [0.05, 0.1) is 7.11 Å². The fourth-order valence-electron chi connectivity index (χ4n) is 1.51. The van der Waals surface area contributed by atoms with Crippen molar-refractivity contribution in [2.24, 2.45) is 0 Å². The molecule has 0 atom stereocenters. The minimum Gasteiger partial charge on any atom is -0.496 e. The van der Waals surface area contributed by atoms with Gasteiger partial charge < -0.3 is 10.1 Å². The van der Waals surface area contributed by atoms with Gasteiger partial charge in [-0.3, -0.25) is 0 Å². The van der Waals surface area contributed by atoms with Crippen LogP contribution in [0.5, 0.6) is 5.75 Å². The zero-order valence-electron chi connectivity index (χ0n) is 10.4. The van der Waals surface area contributed by atoms with Crippen molar-refractivity contribution < 1.29 is 4.74 Å². The Morgan fingerprint density at radius 2 is 2.00 bits per heavy atom. The van der Waals surface area contributed by atoms with Crippen LogP contribution >= 0.6 is 11.6 Å². The Morgan fingerprint density at radius 3 is 2.56 bits per heavy atom. The summed E-state index contributed by atoms with van der Waals surface area (Å²) in [7, 11) is 1.68. The van der Waals surface area contributed by atoms with E-state index >= 15 is 0 Å². The Kier molecular flexibility index (Phi) is 4.63. The Morgan fingerprint density at radius 1 is 1.31 bits per heavy atom. The zero-order valence-corrected chi connectivity index (χ0v) is 11.2. The zero-order chi connectivity index (χ0) is 12.2. The van der Waals surface area contributed by atoms with E-state index in [4.69, 9.17) is 16.3 Å². The van der Waals surface area contributed by atoms with Gasteiger partial charge in [0.2, 0.25) is 0 Å². The van der Waals surface area contributed by atoms with Gasteiger partial charge in [-0.1, -0.05) is 11.6 Å². The number of hydrogen-bond donors (Lipinski definition) is 1. The number of ether oxygens (including phenoxy) is 1. The minimum absolute atomic E-state index is 0.145. The standard InChI is InChI=1S/C13H20ClNO/c1-13(2,3)15-8-7-10-9-11(14)5-6-12(10)16-4/h5-6,9,15H,7-8H2,1-4H3. The molecule has 1 rings (SSSR count). The summed E-state index contributed by atoms with van der Waals surface area (Å²) in [5.74, 6) is 0.903. The largest absolute Gasteiger partial charge is 0.496 e. The highest BCUT2D eigenvalue weighted by Crippen LogP contribution is 2.22. The summed E-state index contributed by atoms with van der Waals surface area (Å²) in [6.07, 6.45) is 0.918. The Labute approximate surface area is 103 Å². The molecule has 1 N–H and O–H groups in total. The molecule has 0 bridgehead atoms. The molecule has 0 aliphatic carbocycles. The van der Waals surface area contributed by atoms with E-state index in [1.165, 1.54) is 0 Å². The Balaban J connectivity index is 2.62. The lowest BCUT2D eigenvalue weighted by atomic mass is 10.1. The van der Waals surface area contributed by atoms with Crippen LogP contribution in [0.4, 0.5) is 0 Å². The van der Waals surface area contributed by atoms with Gasteiger partial charge in [-0.05, 0) is 57.5 Å². The van der Waals surface area contributed by atoms with Crippen LogP contribution in [-0.2, 0) is 6.42 Å². The molecule has 0 heterocycles. The fraction of sp³-hybridized carbons (Fsp3) is 0.538. The van der Waals surface area contributed by atoms with Crippen LogP contribution in [0.15, 0.2) is 18.2 Å². The second kappa shape index (κ2) is 5.55. The maximum atomic E-state index is 5.97. The average molecular weight is 242 g/mol. The number of benzene rings is 1. The molecule has 16 heavy (non-hydrogen) atoms. The molecule has 0 aromatic heterocycles. The van der Waals surface area contributed by atoms with E-state index < -0.39 is 0 Å². The van der Waals surface area contributed by atoms with E-state index in [0.29, 0.717) is 0 Å². The van der Waals surface area contributed by atoms with Gasteiger partial charge in [-0.2, -0.15) is 0 Å². The molecule has 0 aliphatic rings. The molecule has 0 unspecified atom stereocenters. The Hall–Kier alpha value is -0.730. The molecule has 1 aromatic rings. The van der Waals surface area contributed by atoms with E-state index in [-0.39, 0.29) is 5.54 Å². The first-order valence-electron chi connectivity index (χ1n) is 5.50. The van der Waals surface area contributed by atoms with Crippen LogP contribution in [0.25, 0.3) is 0 Å². The predicted octanol–water partition coefficient (Wildman–Crippen LogP) is 3.28. The molecule has 0 aliphatic heterocycles. The first-order valence-corrected chi connectivity index (χ1v) is 5.87. The number of halogens is 1. The summed E-state index contributed by atoms with van der Waals surface area (Å²) in [5, 5.41) is 4.20. The van der Waals surface area contributed by atoms with Gasteiger partial charge in [0.15, 0.2) is 0 Å². The van der Waals surface area contributed by atoms with Crippen LogP contribution in [0, 0.1) is 0 Å². The van der Waals surface area contributed by atoms with E-state index in [1.54, 1.807) is 7.11 Å². The molecule has 2 nitrogen and oxygen atoms in total. The van der Waals surface area contributed by atoms with Crippen LogP contribution in [0.1, 0.15) is 26.3 Å². The molecule has 0 saturated carbocycles. The lowest BCUT2D eigenvalue weighted by Gasteiger charge is -2.20. The Bertz CT molecular complexity index is 344. The highest BCUT2D eigenvalue weighted by atomic mass is 35.5. The van der Waals surface area contributed by atoms with Crippen LogP contribution < -0.4 is 10.1 Å². The van der Waals surface area contributed by atoms with Gasteiger partial charge in [0, 0.05) is 10.6 Å². The highest BCUT2D eigenvalue weighted by molar-refractivity contribution is 6.30. The topological polar surface area (TPSA) is 21.3 Å². The normalized spacial score (nSPS) is 11.6. The summed E-state index contributed by atoms with van der Waals surface area (Å²) >= 11 is 5.97. The van der Waals surface area contributed by atoms with E-state index in [1.807, 2.05) is 18.2 Å². The van der Waals surface area contributed by atoms with E-state index in [0.717, 1.165) is 29.3 Å². The van der Waals surface area contributed by atoms with E-state index in [9.17, 15) is 0 Å². The molecule has 0 spiro atoms. The third kappa shape index (κ3) is 4.42. The van der Waals surface area contributed by atoms with Crippen molar-refractivity contribution in [3.8, 4) is 5.75 Å². The van der Waals surface area contributed by atoms with E-state index in [2.05, 4.69) is 26.1 Å². The van der Waals surface area contributed by atoms with Crippen molar-refractivity contribution in [2.75, 3.05) is 13.7 Å². The molecular weight excluding hydrogens is 222 g/mol. The summed E-state index contributed by atoms with van der Waals surface area (Å²) in [5.41, 5.74) is 1.29. The molecule has 0 radical (unpaired) electrons. The highest BCUT2D eigenvalue weighted by Gasteiger charge is 2.09. The summed E-state index contributed by atoms with van der Waals surface area (Å²) in [6, 6.07) is 5.72. The molecule has 0 saturated heterocycles. The van der Waals surface area contributed by atoms with Crippen LogP contribution in [-0.4, -0.2) is 19.2 Å². The van der Waals surface area contributed by atoms with Crippen molar-refractivity contribution in [1.29, 1.82) is 0 Å². The van der Waals surface area contributed by atoms with Gasteiger partial charge in [0.25, 0.3) is 0 Å². The second-order valence-electron chi connectivity index (χ2n) is 4.88. The minimum atomic E-state index is 0.145. The number of rotatable bonds is 4. The summed E-state index contributed by atoms with van der Waals surface area (Å²) in [6.45, 7) is 7.38. The lowest BCUT2D eigenvalue weighted by Crippen LogP contribution is -2.37. The van der Waals surface area contributed by atoms with Crippen LogP contribution in [0.2, 0.25) is 5.02 Å². The number of hydrogen-bond acceptors (Lipinski definition) is 2. The molecule has 0 fully saturated rings. The monoisotopic (exact) mass is 241 g/mol. The fourth-order valence-corrected chi connectivity index (χ4v) is 1.71. The van der Waals surface area contributed by atoms with Crippen molar-refractivity contribution >= 4 is 11.6 Å². The molecular formula is C13H20ClNO. The first kappa shape index (κ1) is 13.3. The van der Waals surface area contributed by atoms with Gasteiger partial charge >= 0.3 is 0 Å². The molecule has 0 amide bonds. The maximum Gasteiger partial charge on any atom is 0.122 e. The van der Waals surface area contributed by atoms with Crippen molar-refractivity contribution in [1.82, 2.24) is 5.32 Å². The second-order valence-corrected chi connectivity index (χ2v) is 5.32. The number of nitrogens with one attached hydrogen (secondary N) is 1. The third-order valence-electron chi connectivity index (χ3n) is 2.29. The molecule has 90 valence electrons. The maximum absolute atomic E-state index is 5.97. The summed E-state index contributed by atoms with van der Waals surface area (Å²) < 4.78 is 5.30. The quantitative estimate of drug-likeness (QED) is 0.874. The molecule has 1 aromatic carbocycles. The smallest absolute Gasteiger partial charge is 0.122 e. The van der Waals surface area contributed by atoms with Gasteiger partial charge in [0.1, 0.15) is 5.75 Å². The van der Waals surface area contributed by atoms with Crippen molar-refractivity contribution in [3.05, 3.63) is 28.8 Å².